The molecule has 1 aromatic carbocycles. The van der Waals surface area contributed by atoms with E-state index >= 15 is 0 Å². The van der Waals surface area contributed by atoms with Gasteiger partial charge in [-0.1, -0.05) is 12.1 Å². The summed E-state index contributed by atoms with van der Waals surface area (Å²) in [4.78, 5) is 22.8. The van der Waals surface area contributed by atoms with Crippen molar-refractivity contribution < 1.29 is 18.0 Å². The van der Waals surface area contributed by atoms with Gasteiger partial charge in [0.15, 0.2) is 15.6 Å². The van der Waals surface area contributed by atoms with E-state index in [-0.39, 0.29) is 0 Å². The van der Waals surface area contributed by atoms with Gasteiger partial charge >= 0.3 is 0 Å². The Bertz CT molecular complexity index is 620. The monoisotopic (exact) mass is 283 g/mol. The van der Waals surface area contributed by atoms with Crippen LogP contribution in [0.3, 0.4) is 0 Å². The minimum atomic E-state index is -3.85. The zero-order chi connectivity index (χ0) is 14.8. The Morgan fingerprint density at radius 1 is 1.21 bits per heavy atom. The number of carbonyl (C=O) groups is 2. The van der Waals surface area contributed by atoms with Crippen LogP contribution in [0.1, 0.15) is 28.4 Å². The minimum absolute atomic E-state index is 0.323. The van der Waals surface area contributed by atoms with Crippen molar-refractivity contribution in [3.8, 4) is 0 Å². The molecule has 1 aromatic rings. The number of primary amides is 1. The summed E-state index contributed by atoms with van der Waals surface area (Å²) in [7, 11) is -3.85. The second-order valence-corrected chi connectivity index (χ2v) is 6.90. The Hall–Kier alpha value is -1.69. The topological polar surface area (TPSA) is 94.3 Å². The summed E-state index contributed by atoms with van der Waals surface area (Å²) in [5.74, 6) is -2.30. The van der Waals surface area contributed by atoms with Crippen LogP contribution in [-0.4, -0.2) is 31.1 Å². The fraction of sp³-hybridized carbons (Fsp3) is 0.385. The SMILES string of the molecule is Cc1ccc(C(=O)C(C)S(=O)(=O)CC(N)=O)cc1C. The lowest BCUT2D eigenvalue weighted by Crippen LogP contribution is -2.34. The highest BCUT2D eigenvalue weighted by atomic mass is 32.2. The molecule has 0 radical (unpaired) electrons. The van der Waals surface area contributed by atoms with Gasteiger partial charge in [0.25, 0.3) is 0 Å². The molecule has 0 bridgehead atoms. The molecule has 1 unspecified atom stereocenters. The Labute approximate surface area is 112 Å². The first-order valence-corrected chi connectivity index (χ1v) is 7.48. The van der Waals surface area contributed by atoms with Gasteiger partial charge in [0, 0.05) is 5.56 Å². The molecule has 5 nitrogen and oxygen atoms in total. The van der Waals surface area contributed by atoms with E-state index in [0.29, 0.717) is 5.56 Å². The number of Topliss-reactive ketones (excluding diaryl/α,β-unsaturated/α-hetero) is 1. The van der Waals surface area contributed by atoms with Crippen molar-refractivity contribution in [2.75, 3.05) is 5.75 Å². The van der Waals surface area contributed by atoms with Crippen molar-refractivity contribution in [2.24, 2.45) is 5.73 Å². The van der Waals surface area contributed by atoms with Gasteiger partial charge < -0.3 is 5.73 Å². The molecular formula is C13H17NO4S. The summed E-state index contributed by atoms with van der Waals surface area (Å²) in [6.45, 7) is 5.02. The van der Waals surface area contributed by atoms with Crippen LogP contribution in [0.15, 0.2) is 18.2 Å². The van der Waals surface area contributed by atoms with E-state index in [1.54, 1.807) is 18.2 Å². The second-order valence-electron chi connectivity index (χ2n) is 4.58. The lowest BCUT2D eigenvalue weighted by atomic mass is 10.0. The van der Waals surface area contributed by atoms with Crippen LogP contribution in [0.5, 0.6) is 0 Å². The van der Waals surface area contributed by atoms with E-state index in [0.717, 1.165) is 11.1 Å². The molecule has 0 aliphatic heterocycles. The summed E-state index contributed by atoms with van der Waals surface area (Å²) in [5, 5.41) is -1.28. The zero-order valence-electron chi connectivity index (χ0n) is 11.1. The number of hydrogen-bond acceptors (Lipinski definition) is 4. The highest BCUT2D eigenvalue weighted by molar-refractivity contribution is 7.93. The van der Waals surface area contributed by atoms with Crippen LogP contribution < -0.4 is 5.73 Å². The number of ketones is 1. The Balaban J connectivity index is 3.06. The quantitative estimate of drug-likeness (QED) is 0.808. The molecule has 1 atom stereocenters. The van der Waals surface area contributed by atoms with Crippen LogP contribution in [0.2, 0.25) is 0 Å². The smallest absolute Gasteiger partial charge is 0.232 e. The third-order valence-electron chi connectivity index (χ3n) is 3.04. The molecule has 0 heterocycles. The molecule has 0 aliphatic rings. The molecule has 0 aliphatic carbocycles. The van der Waals surface area contributed by atoms with Crippen molar-refractivity contribution in [3.05, 3.63) is 34.9 Å². The zero-order valence-corrected chi connectivity index (χ0v) is 12.0. The molecular weight excluding hydrogens is 266 g/mol. The van der Waals surface area contributed by atoms with Crippen molar-refractivity contribution in [1.29, 1.82) is 0 Å². The van der Waals surface area contributed by atoms with Crippen molar-refractivity contribution >= 4 is 21.5 Å². The number of aryl methyl sites for hydroxylation is 2. The van der Waals surface area contributed by atoms with Crippen LogP contribution in [-0.2, 0) is 14.6 Å². The van der Waals surface area contributed by atoms with E-state index in [1.165, 1.54) is 6.92 Å². The largest absolute Gasteiger partial charge is 0.369 e. The Morgan fingerprint density at radius 3 is 2.26 bits per heavy atom. The lowest BCUT2D eigenvalue weighted by Gasteiger charge is -2.11. The van der Waals surface area contributed by atoms with Crippen molar-refractivity contribution in [2.45, 2.75) is 26.0 Å². The highest BCUT2D eigenvalue weighted by Crippen LogP contribution is 2.15. The Kier molecular flexibility index (Phi) is 4.47. The number of amides is 1. The highest BCUT2D eigenvalue weighted by Gasteiger charge is 2.30. The van der Waals surface area contributed by atoms with E-state index < -0.39 is 32.5 Å². The van der Waals surface area contributed by atoms with Crippen LogP contribution >= 0.6 is 0 Å². The Morgan fingerprint density at radius 2 is 1.79 bits per heavy atom. The molecule has 2 N–H and O–H groups in total. The summed E-state index contributed by atoms with van der Waals surface area (Å²) in [6, 6.07) is 4.99. The molecule has 0 aromatic heterocycles. The summed E-state index contributed by atoms with van der Waals surface area (Å²) in [5.41, 5.74) is 7.12. The standard InChI is InChI=1S/C13H17NO4S/c1-8-4-5-11(6-9(8)2)13(16)10(3)19(17,18)7-12(14)15/h4-6,10H,7H2,1-3H3,(H2,14,15). The maximum absolute atomic E-state index is 12.1. The van der Waals surface area contributed by atoms with E-state index in [2.05, 4.69) is 0 Å². The van der Waals surface area contributed by atoms with Gasteiger partial charge in [-0.05, 0) is 38.0 Å². The normalized spacial score (nSPS) is 13.0. The first kappa shape index (κ1) is 15.4. The predicted octanol–water partition coefficient (Wildman–Crippen LogP) is 0.775. The van der Waals surface area contributed by atoms with E-state index in [9.17, 15) is 18.0 Å². The second kappa shape index (κ2) is 5.52. The predicted molar refractivity (Wildman–Crippen MR) is 72.7 cm³/mol. The molecule has 0 fully saturated rings. The van der Waals surface area contributed by atoms with Gasteiger partial charge in [-0.2, -0.15) is 0 Å². The number of benzene rings is 1. The van der Waals surface area contributed by atoms with Gasteiger partial charge in [-0.15, -0.1) is 0 Å². The van der Waals surface area contributed by atoms with Crippen LogP contribution in [0.4, 0.5) is 0 Å². The fourth-order valence-corrected chi connectivity index (χ4v) is 2.72. The third-order valence-corrected chi connectivity index (χ3v) is 5.02. The number of sulfone groups is 1. The molecule has 0 saturated carbocycles. The average molecular weight is 283 g/mol. The maximum Gasteiger partial charge on any atom is 0.232 e. The van der Waals surface area contributed by atoms with Gasteiger partial charge in [-0.25, -0.2) is 8.42 Å². The first-order valence-electron chi connectivity index (χ1n) is 5.76. The van der Waals surface area contributed by atoms with Crippen LogP contribution in [0.25, 0.3) is 0 Å². The molecule has 6 heteroatoms. The number of hydrogen-bond donors (Lipinski definition) is 1. The molecule has 1 amide bonds. The molecule has 0 spiro atoms. The molecule has 0 saturated heterocycles. The fourth-order valence-electron chi connectivity index (χ4n) is 1.62. The van der Waals surface area contributed by atoms with Crippen molar-refractivity contribution in [1.82, 2.24) is 0 Å². The van der Waals surface area contributed by atoms with Gasteiger partial charge in [0.05, 0.1) is 0 Å². The molecule has 104 valence electrons. The van der Waals surface area contributed by atoms with E-state index in [1.807, 2.05) is 13.8 Å². The van der Waals surface area contributed by atoms with Crippen molar-refractivity contribution in [3.63, 3.8) is 0 Å². The number of carbonyl (C=O) groups excluding carboxylic acids is 2. The number of nitrogens with two attached hydrogens (primary N) is 1. The molecule has 1 rings (SSSR count). The summed E-state index contributed by atoms with van der Waals surface area (Å²) >= 11 is 0. The molecule has 19 heavy (non-hydrogen) atoms. The van der Waals surface area contributed by atoms with Gasteiger partial charge in [-0.3, -0.25) is 9.59 Å². The van der Waals surface area contributed by atoms with Crippen LogP contribution in [0, 0.1) is 13.8 Å². The first-order chi connectivity index (χ1) is 8.65. The minimum Gasteiger partial charge on any atom is -0.369 e. The van der Waals surface area contributed by atoms with Gasteiger partial charge in [0.1, 0.15) is 11.0 Å². The summed E-state index contributed by atoms with van der Waals surface area (Å²) < 4.78 is 23.6. The lowest BCUT2D eigenvalue weighted by molar-refractivity contribution is -0.115. The third kappa shape index (κ3) is 3.64. The summed E-state index contributed by atoms with van der Waals surface area (Å²) in [6.07, 6.45) is 0. The maximum atomic E-state index is 12.1. The van der Waals surface area contributed by atoms with Gasteiger partial charge in [0.2, 0.25) is 5.91 Å². The van der Waals surface area contributed by atoms with E-state index in [4.69, 9.17) is 5.73 Å². The average Bonchev–Trinajstić information content (AvgIpc) is 2.29. The number of rotatable bonds is 5.